The monoisotopic (exact) mass is 422 g/mol. The molecular formula is C18H15ClN2O4S2. The van der Waals surface area contributed by atoms with Crippen LogP contribution in [-0.4, -0.2) is 37.6 Å². The first-order valence-electron chi connectivity index (χ1n) is 7.92. The molecule has 0 bridgehead atoms. The van der Waals surface area contributed by atoms with Crippen LogP contribution in [0.15, 0.2) is 64.4 Å². The molecule has 9 heteroatoms. The van der Waals surface area contributed by atoms with Gasteiger partial charge in [-0.15, -0.1) is 0 Å². The van der Waals surface area contributed by atoms with Gasteiger partial charge in [-0.2, -0.15) is 0 Å². The highest BCUT2D eigenvalue weighted by atomic mass is 35.5. The summed E-state index contributed by atoms with van der Waals surface area (Å²) in [4.78, 5) is 25.9. The summed E-state index contributed by atoms with van der Waals surface area (Å²) >= 11 is 6.59. The molecule has 140 valence electrons. The summed E-state index contributed by atoms with van der Waals surface area (Å²) in [6.45, 7) is -0.134. The Morgan fingerprint density at radius 2 is 1.70 bits per heavy atom. The Balaban J connectivity index is 1.63. The third-order valence-corrected chi connectivity index (χ3v) is 6.36. The number of halogens is 1. The molecule has 6 nitrogen and oxygen atoms in total. The van der Waals surface area contributed by atoms with E-state index in [1.54, 1.807) is 6.08 Å². The number of carbonyl (C=O) groups is 2. The number of nitrogens with zero attached hydrogens (tertiary/aromatic N) is 1. The highest BCUT2D eigenvalue weighted by molar-refractivity contribution is 8.18. The van der Waals surface area contributed by atoms with Gasteiger partial charge in [0, 0.05) is 18.1 Å². The molecule has 0 aliphatic carbocycles. The van der Waals surface area contributed by atoms with Crippen LogP contribution in [0.25, 0.3) is 6.08 Å². The van der Waals surface area contributed by atoms with E-state index < -0.39 is 21.2 Å². The number of benzene rings is 2. The molecule has 2 aromatic carbocycles. The van der Waals surface area contributed by atoms with Crippen LogP contribution in [0.4, 0.5) is 4.79 Å². The quantitative estimate of drug-likeness (QED) is 0.721. The van der Waals surface area contributed by atoms with E-state index in [1.807, 2.05) is 30.3 Å². The molecule has 1 aliphatic heterocycles. The maximum Gasteiger partial charge on any atom is 0.293 e. The van der Waals surface area contributed by atoms with Crippen LogP contribution in [0.5, 0.6) is 0 Å². The smallest absolute Gasteiger partial charge is 0.268 e. The molecule has 2 aromatic rings. The molecule has 0 aromatic heterocycles. The molecule has 27 heavy (non-hydrogen) atoms. The predicted molar refractivity (Wildman–Crippen MR) is 106 cm³/mol. The first kappa shape index (κ1) is 19.6. The Hall–Kier alpha value is -2.13. The maximum atomic E-state index is 12.4. The summed E-state index contributed by atoms with van der Waals surface area (Å²) in [6, 6.07) is 14.9. The van der Waals surface area contributed by atoms with Crippen molar-refractivity contribution in [2.24, 2.45) is 0 Å². The molecule has 0 spiro atoms. The Kier molecular flexibility index (Phi) is 6.01. The second kappa shape index (κ2) is 8.26. The van der Waals surface area contributed by atoms with Gasteiger partial charge in [-0.3, -0.25) is 14.5 Å². The highest BCUT2D eigenvalue weighted by Crippen LogP contribution is 2.31. The van der Waals surface area contributed by atoms with Crippen molar-refractivity contribution in [2.45, 2.75) is 4.90 Å². The summed E-state index contributed by atoms with van der Waals surface area (Å²) in [7, 11) is -3.75. The summed E-state index contributed by atoms with van der Waals surface area (Å²) in [5.41, 5.74) is 0.812. The van der Waals surface area contributed by atoms with E-state index in [0.717, 1.165) is 22.2 Å². The molecule has 1 fully saturated rings. The van der Waals surface area contributed by atoms with Crippen molar-refractivity contribution in [1.29, 1.82) is 0 Å². The summed E-state index contributed by atoms with van der Waals surface area (Å²) in [6.07, 6.45) is 1.64. The second-order valence-electron chi connectivity index (χ2n) is 5.60. The SMILES string of the molecule is O=C1SC(=Cc2ccccc2)C(=O)N1CCNS(=O)(=O)c1ccc(Cl)cc1. The van der Waals surface area contributed by atoms with Crippen molar-refractivity contribution in [3.63, 3.8) is 0 Å². The topological polar surface area (TPSA) is 83.6 Å². The zero-order valence-corrected chi connectivity index (χ0v) is 16.4. The Morgan fingerprint density at radius 1 is 1.04 bits per heavy atom. The third kappa shape index (κ3) is 4.78. The molecule has 1 N–H and O–H groups in total. The summed E-state index contributed by atoms with van der Waals surface area (Å²) in [5, 5.41) is 0.00448. The van der Waals surface area contributed by atoms with E-state index in [1.165, 1.54) is 24.3 Å². The van der Waals surface area contributed by atoms with Crippen LogP contribution in [0.1, 0.15) is 5.56 Å². The minimum atomic E-state index is -3.75. The van der Waals surface area contributed by atoms with Crippen molar-refractivity contribution in [3.05, 3.63) is 70.1 Å². The fourth-order valence-electron chi connectivity index (χ4n) is 2.38. The summed E-state index contributed by atoms with van der Waals surface area (Å²) in [5.74, 6) is -0.431. The van der Waals surface area contributed by atoms with Gasteiger partial charge in [0.05, 0.1) is 9.80 Å². The van der Waals surface area contributed by atoms with Crippen LogP contribution in [0, 0.1) is 0 Å². The van der Waals surface area contributed by atoms with Crippen molar-refractivity contribution in [3.8, 4) is 0 Å². The van der Waals surface area contributed by atoms with Gasteiger partial charge in [-0.25, -0.2) is 13.1 Å². The number of nitrogens with one attached hydrogen (secondary N) is 1. The van der Waals surface area contributed by atoms with Gasteiger partial charge in [0.1, 0.15) is 0 Å². The number of sulfonamides is 1. The van der Waals surface area contributed by atoms with E-state index in [0.29, 0.717) is 9.93 Å². The zero-order chi connectivity index (χ0) is 19.4. The highest BCUT2D eigenvalue weighted by Gasteiger charge is 2.34. The van der Waals surface area contributed by atoms with Crippen LogP contribution in [0.3, 0.4) is 0 Å². The third-order valence-electron chi connectivity index (χ3n) is 3.72. The lowest BCUT2D eigenvalue weighted by Gasteiger charge is -2.13. The summed E-state index contributed by atoms with van der Waals surface area (Å²) < 4.78 is 26.8. The fourth-order valence-corrected chi connectivity index (χ4v) is 4.39. The molecular weight excluding hydrogens is 408 g/mol. The predicted octanol–water partition coefficient (Wildman–Crippen LogP) is 3.35. The van der Waals surface area contributed by atoms with Crippen molar-refractivity contribution in [1.82, 2.24) is 9.62 Å². The molecule has 1 aliphatic rings. The van der Waals surface area contributed by atoms with Crippen molar-refractivity contribution in [2.75, 3.05) is 13.1 Å². The lowest BCUT2D eigenvalue weighted by Crippen LogP contribution is -2.37. The number of amides is 2. The van der Waals surface area contributed by atoms with E-state index >= 15 is 0 Å². The Labute approximate surface area is 166 Å². The van der Waals surface area contributed by atoms with Gasteiger partial charge >= 0.3 is 0 Å². The molecule has 0 unspecified atom stereocenters. The lowest BCUT2D eigenvalue weighted by molar-refractivity contribution is -0.122. The standard InChI is InChI=1S/C18H15ClN2O4S2/c19-14-6-8-15(9-7-14)27(24,25)20-10-11-21-17(22)16(26-18(21)23)12-13-4-2-1-3-5-13/h1-9,12,20H,10-11H2. The number of rotatable bonds is 6. The minimum absolute atomic E-state index is 0.0520. The van der Waals surface area contributed by atoms with Crippen LogP contribution in [-0.2, 0) is 14.8 Å². The molecule has 1 heterocycles. The normalized spacial score (nSPS) is 16.3. The lowest BCUT2D eigenvalue weighted by atomic mass is 10.2. The van der Waals surface area contributed by atoms with E-state index in [4.69, 9.17) is 11.6 Å². The molecule has 0 radical (unpaired) electrons. The first-order valence-corrected chi connectivity index (χ1v) is 10.6. The van der Waals surface area contributed by atoms with Crippen molar-refractivity contribution >= 4 is 50.6 Å². The number of hydrogen-bond acceptors (Lipinski definition) is 5. The number of hydrogen-bond donors (Lipinski definition) is 1. The van der Waals surface area contributed by atoms with E-state index in [-0.39, 0.29) is 18.0 Å². The largest absolute Gasteiger partial charge is 0.293 e. The fraction of sp³-hybridized carbons (Fsp3) is 0.111. The van der Waals surface area contributed by atoms with Gasteiger partial charge in [0.25, 0.3) is 11.1 Å². The van der Waals surface area contributed by atoms with Gasteiger partial charge in [-0.05, 0) is 47.7 Å². The number of thioether (sulfide) groups is 1. The number of carbonyl (C=O) groups excluding carboxylic acids is 2. The van der Waals surface area contributed by atoms with Crippen molar-refractivity contribution < 1.29 is 18.0 Å². The van der Waals surface area contributed by atoms with Gasteiger partial charge in [0.15, 0.2) is 0 Å². The van der Waals surface area contributed by atoms with Crippen LogP contribution in [0.2, 0.25) is 5.02 Å². The molecule has 0 saturated carbocycles. The molecule has 3 rings (SSSR count). The second-order valence-corrected chi connectivity index (χ2v) is 8.79. The molecule has 2 amide bonds. The van der Waals surface area contributed by atoms with Crippen LogP contribution < -0.4 is 4.72 Å². The minimum Gasteiger partial charge on any atom is -0.268 e. The molecule has 1 saturated heterocycles. The van der Waals surface area contributed by atoms with Crippen LogP contribution >= 0.6 is 23.4 Å². The Bertz CT molecular complexity index is 990. The van der Waals surface area contributed by atoms with E-state index in [2.05, 4.69) is 4.72 Å². The Morgan fingerprint density at radius 3 is 2.37 bits per heavy atom. The zero-order valence-electron chi connectivity index (χ0n) is 14.0. The van der Waals surface area contributed by atoms with Gasteiger partial charge in [0.2, 0.25) is 10.0 Å². The van der Waals surface area contributed by atoms with Gasteiger partial charge < -0.3 is 0 Å². The average molecular weight is 423 g/mol. The average Bonchev–Trinajstić information content (AvgIpc) is 2.90. The maximum absolute atomic E-state index is 12.4. The number of imide groups is 1. The first-order chi connectivity index (χ1) is 12.9. The van der Waals surface area contributed by atoms with Gasteiger partial charge in [-0.1, -0.05) is 41.9 Å². The van der Waals surface area contributed by atoms with E-state index in [9.17, 15) is 18.0 Å². The molecule has 0 atom stereocenters.